The number of carbonyl (C=O) groups excluding carboxylic acids is 1. The number of pyridine rings is 1. The lowest BCUT2D eigenvalue weighted by atomic mass is 10.1. The average Bonchev–Trinajstić information content (AvgIpc) is 2.61. The molecule has 0 atom stereocenters. The van der Waals surface area contributed by atoms with Gasteiger partial charge >= 0.3 is 0 Å². The van der Waals surface area contributed by atoms with E-state index in [1.807, 2.05) is 51.2 Å². The van der Waals surface area contributed by atoms with Crippen LogP contribution in [0, 0.1) is 0 Å². The highest BCUT2D eigenvalue weighted by Gasteiger charge is 2.10. The fourth-order valence-electron chi connectivity index (χ4n) is 2.51. The molecule has 0 saturated heterocycles. The topological polar surface area (TPSA) is 45.2 Å². The molecule has 4 heteroatoms. The Kier molecular flexibility index (Phi) is 8.55. The van der Waals surface area contributed by atoms with Crippen molar-refractivity contribution < 1.29 is 4.79 Å². The van der Waals surface area contributed by atoms with Gasteiger partial charge < -0.3 is 10.2 Å². The van der Waals surface area contributed by atoms with Crippen LogP contribution in [-0.2, 0) is 4.79 Å². The molecule has 1 aromatic carbocycles. The van der Waals surface area contributed by atoms with Crippen LogP contribution in [0.25, 0.3) is 10.8 Å². The maximum absolute atomic E-state index is 11.6. The van der Waals surface area contributed by atoms with Gasteiger partial charge in [0.05, 0.1) is 0 Å². The first-order valence-corrected chi connectivity index (χ1v) is 8.77. The second-order valence-corrected chi connectivity index (χ2v) is 5.14. The number of hydrogen-bond donors (Lipinski definition) is 1. The molecule has 0 bridgehead atoms. The molecule has 1 heterocycles. The second kappa shape index (κ2) is 10.4. The van der Waals surface area contributed by atoms with Crippen LogP contribution < -0.4 is 10.2 Å². The number of carbonyl (C=O) groups is 1. The van der Waals surface area contributed by atoms with Crippen molar-refractivity contribution in [2.24, 2.45) is 0 Å². The maximum atomic E-state index is 11.6. The standard InChI is InChI=1S/C18H23N3O.C2H6/c1-4-7-17(22)20-15-8-9-16-14(13-15)10-11-19-18(16)21(6-3)12-5-2;1-2/h4,7-11,13H,5-6,12H2,1-3H3,(H,20,22);1-2H3/b7-4+;. The lowest BCUT2D eigenvalue weighted by Gasteiger charge is -2.22. The van der Waals surface area contributed by atoms with E-state index >= 15 is 0 Å². The van der Waals surface area contributed by atoms with Crippen LogP contribution in [0.3, 0.4) is 0 Å². The number of anilines is 2. The molecule has 24 heavy (non-hydrogen) atoms. The first kappa shape index (κ1) is 19.7. The SMILES string of the molecule is C/C=C/C(=O)Nc1ccc2c(N(CC)CCC)nccc2c1.CC. The molecule has 4 nitrogen and oxygen atoms in total. The number of nitrogens with zero attached hydrogens (tertiary/aromatic N) is 2. The largest absolute Gasteiger partial charge is 0.356 e. The third-order valence-corrected chi connectivity index (χ3v) is 3.50. The van der Waals surface area contributed by atoms with E-state index in [4.69, 9.17) is 0 Å². The van der Waals surface area contributed by atoms with Crippen LogP contribution in [0.2, 0.25) is 0 Å². The minimum Gasteiger partial charge on any atom is -0.356 e. The lowest BCUT2D eigenvalue weighted by Crippen LogP contribution is -2.24. The van der Waals surface area contributed by atoms with E-state index in [0.717, 1.165) is 41.8 Å². The molecule has 0 aliphatic rings. The first-order valence-electron chi connectivity index (χ1n) is 8.77. The Labute approximate surface area is 145 Å². The summed E-state index contributed by atoms with van der Waals surface area (Å²) in [5.41, 5.74) is 0.797. The number of aromatic nitrogens is 1. The number of amides is 1. The molecular weight excluding hydrogens is 298 g/mol. The third-order valence-electron chi connectivity index (χ3n) is 3.50. The van der Waals surface area contributed by atoms with E-state index in [0.29, 0.717) is 0 Å². The van der Waals surface area contributed by atoms with Gasteiger partial charge in [-0.1, -0.05) is 26.8 Å². The van der Waals surface area contributed by atoms with Gasteiger partial charge in [-0.3, -0.25) is 4.79 Å². The van der Waals surface area contributed by atoms with Crippen molar-refractivity contribution in [2.45, 2.75) is 41.0 Å². The number of allylic oxidation sites excluding steroid dienone is 1. The van der Waals surface area contributed by atoms with Crippen molar-refractivity contribution in [3.05, 3.63) is 42.6 Å². The summed E-state index contributed by atoms with van der Waals surface area (Å²) in [6, 6.07) is 7.92. The van der Waals surface area contributed by atoms with Crippen LogP contribution in [0.1, 0.15) is 41.0 Å². The normalized spacial score (nSPS) is 10.4. The van der Waals surface area contributed by atoms with E-state index in [-0.39, 0.29) is 5.91 Å². The van der Waals surface area contributed by atoms with Gasteiger partial charge in [0.2, 0.25) is 5.91 Å². The van der Waals surface area contributed by atoms with Crippen LogP contribution in [-0.4, -0.2) is 24.0 Å². The van der Waals surface area contributed by atoms with Gasteiger partial charge in [0.1, 0.15) is 5.82 Å². The molecule has 0 radical (unpaired) electrons. The van der Waals surface area contributed by atoms with Crippen molar-refractivity contribution >= 4 is 28.2 Å². The highest BCUT2D eigenvalue weighted by Crippen LogP contribution is 2.27. The van der Waals surface area contributed by atoms with Gasteiger partial charge in [0.15, 0.2) is 0 Å². The van der Waals surface area contributed by atoms with Crippen molar-refractivity contribution in [3.8, 4) is 0 Å². The smallest absolute Gasteiger partial charge is 0.248 e. The quantitative estimate of drug-likeness (QED) is 0.758. The Morgan fingerprint density at radius 2 is 2.00 bits per heavy atom. The zero-order valence-electron chi connectivity index (χ0n) is 15.5. The van der Waals surface area contributed by atoms with Crippen LogP contribution in [0.4, 0.5) is 11.5 Å². The summed E-state index contributed by atoms with van der Waals surface area (Å²) >= 11 is 0. The van der Waals surface area contributed by atoms with E-state index < -0.39 is 0 Å². The van der Waals surface area contributed by atoms with Crippen LogP contribution >= 0.6 is 0 Å². The molecule has 1 amide bonds. The Morgan fingerprint density at radius 3 is 2.62 bits per heavy atom. The summed E-state index contributed by atoms with van der Waals surface area (Å²) in [6.07, 6.45) is 6.15. The zero-order chi connectivity index (χ0) is 17.9. The fraction of sp³-hybridized carbons (Fsp3) is 0.400. The predicted octanol–water partition coefficient (Wildman–Crippen LogP) is 5.01. The fourth-order valence-corrected chi connectivity index (χ4v) is 2.51. The lowest BCUT2D eigenvalue weighted by molar-refractivity contribution is -0.111. The monoisotopic (exact) mass is 327 g/mol. The minimum absolute atomic E-state index is 0.114. The summed E-state index contributed by atoms with van der Waals surface area (Å²) in [5.74, 6) is 0.894. The predicted molar refractivity (Wildman–Crippen MR) is 105 cm³/mol. The van der Waals surface area contributed by atoms with E-state index in [1.165, 1.54) is 6.08 Å². The number of benzene rings is 1. The summed E-state index contributed by atoms with van der Waals surface area (Å²) in [7, 11) is 0. The Morgan fingerprint density at radius 1 is 1.25 bits per heavy atom. The van der Waals surface area contributed by atoms with Crippen molar-refractivity contribution in [3.63, 3.8) is 0 Å². The number of fused-ring (bicyclic) bond motifs is 1. The van der Waals surface area contributed by atoms with Gasteiger partial charge in [-0.15, -0.1) is 0 Å². The molecular formula is C20H29N3O. The molecule has 0 spiro atoms. The van der Waals surface area contributed by atoms with Gasteiger partial charge in [0.25, 0.3) is 0 Å². The molecule has 0 saturated carbocycles. The molecule has 0 fully saturated rings. The van der Waals surface area contributed by atoms with E-state index in [1.54, 1.807) is 6.08 Å². The molecule has 0 aliphatic heterocycles. The highest BCUT2D eigenvalue weighted by molar-refractivity contribution is 6.01. The van der Waals surface area contributed by atoms with E-state index in [2.05, 4.69) is 29.0 Å². The summed E-state index contributed by atoms with van der Waals surface area (Å²) in [6.45, 7) is 12.1. The number of rotatable bonds is 6. The second-order valence-electron chi connectivity index (χ2n) is 5.14. The molecule has 0 unspecified atom stereocenters. The summed E-state index contributed by atoms with van der Waals surface area (Å²) in [5, 5.41) is 5.06. The summed E-state index contributed by atoms with van der Waals surface area (Å²) in [4.78, 5) is 18.5. The molecule has 1 N–H and O–H groups in total. The zero-order valence-corrected chi connectivity index (χ0v) is 15.5. The highest BCUT2D eigenvalue weighted by atomic mass is 16.1. The molecule has 130 valence electrons. The van der Waals surface area contributed by atoms with Crippen molar-refractivity contribution in [1.29, 1.82) is 0 Å². The first-order chi connectivity index (χ1) is 11.7. The Bertz CT molecular complexity index is 680. The van der Waals surface area contributed by atoms with Gasteiger partial charge in [0, 0.05) is 30.4 Å². The van der Waals surface area contributed by atoms with Crippen LogP contribution in [0.5, 0.6) is 0 Å². The van der Waals surface area contributed by atoms with Crippen molar-refractivity contribution in [1.82, 2.24) is 4.98 Å². The third kappa shape index (κ3) is 5.08. The minimum atomic E-state index is -0.114. The molecule has 1 aromatic heterocycles. The molecule has 2 rings (SSSR count). The average molecular weight is 327 g/mol. The van der Waals surface area contributed by atoms with Crippen molar-refractivity contribution in [2.75, 3.05) is 23.3 Å². The van der Waals surface area contributed by atoms with Gasteiger partial charge in [-0.05, 0) is 56.0 Å². The molecule has 0 aliphatic carbocycles. The maximum Gasteiger partial charge on any atom is 0.248 e. The van der Waals surface area contributed by atoms with Crippen LogP contribution in [0.15, 0.2) is 42.6 Å². The Balaban J connectivity index is 0.00000139. The van der Waals surface area contributed by atoms with E-state index in [9.17, 15) is 4.79 Å². The number of hydrogen-bond acceptors (Lipinski definition) is 3. The Hall–Kier alpha value is -2.36. The number of nitrogens with one attached hydrogen (secondary N) is 1. The molecule has 2 aromatic rings. The van der Waals surface area contributed by atoms with Gasteiger partial charge in [-0.2, -0.15) is 0 Å². The summed E-state index contributed by atoms with van der Waals surface area (Å²) < 4.78 is 0. The van der Waals surface area contributed by atoms with Gasteiger partial charge in [-0.25, -0.2) is 4.98 Å².